The van der Waals surface area contributed by atoms with Gasteiger partial charge in [0.05, 0.1) is 15.4 Å². The third kappa shape index (κ3) is 2.58. The lowest BCUT2D eigenvalue weighted by atomic mass is 10.3. The van der Waals surface area contributed by atoms with Crippen LogP contribution in [0.4, 0.5) is 5.95 Å². The summed E-state index contributed by atoms with van der Waals surface area (Å²) in [4.78, 5) is 24.6. The number of aryl methyl sites for hydroxylation is 1. The first-order chi connectivity index (χ1) is 9.63. The van der Waals surface area contributed by atoms with Crippen LogP contribution >= 0.6 is 11.3 Å². The van der Waals surface area contributed by atoms with Crippen molar-refractivity contribution in [2.45, 2.75) is 26.7 Å². The van der Waals surface area contributed by atoms with Crippen molar-refractivity contribution in [2.75, 3.05) is 18.0 Å². The van der Waals surface area contributed by atoms with Crippen LogP contribution in [0.2, 0.25) is 0 Å². The Kier molecular flexibility index (Phi) is 3.53. The molecule has 0 aromatic carbocycles. The molecule has 0 unspecified atom stereocenters. The van der Waals surface area contributed by atoms with Crippen LogP contribution in [0, 0.1) is 6.92 Å². The molecule has 1 aliphatic heterocycles. The molecule has 1 aliphatic rings. The van der Waals surface area contributed by atoms with Crippen molar-refractivity contribution in [1.82, 2.24) is 9.97 Å². The molecule has 0 spiro atoms. The molecule has 2 aromatic rings. The minimum absolute atomic E-state index is 0.104. The van der Waals surface area contributed by atoms with Crippen molar-refractivity contribution in [3.05, 3.63) is 28.8 Å². The van der Waals surface area contributed by atoms with E-state index < -0.39 is 0 Å². The number of rotatable bonds is 3. The number of carbonyl (C=O) groups is 1. The number of hydrogen-bond donors (Lipinski definition) is 0. The van der Waals surface area contributed by atoms with Gasteiger partial charge in [0.2, 0.25) is 5.95 Å². The zero-order chi connectivity index (χ0) is 14.1. The van der Waals surface area contributed by atoms with E-state index in [-0.39, 0.29) is 5.78 Å². The average Bonchev–Trinajstić information content (AvgIpc) is 3.10. The van der Waals surface area contributed by atoms with Crippen LogP contribution in [0.3, 0.4) is 0 Å². The number of Topliss-reactive ketones (excluding diaryl/α,β-unsaturated/α-hetero) is 1. The van der Waals surface area contributed by atoms with Crippen molar-refractivity contribution in [1.29, 1.82) is 0 Å². The molecule has 1 fully saturated rings. The van der Waals surface area contributed by atoms with E-state index in [1.54, 1.807) is 6.92 Å². The Hall–Kier alpha value is -1.75. The van der Waals surface area contributed by atoms with Crippen LogP contribution in [0.15, 0.2) is 18.2 Å². The van der Waals surface area contributed by atoms with Crippen LogP contribution in [0.1, 0.15) is 35.1 Å². The summed E-state index contributed by atoms with van der Waals surface area (Å²) in [5.41, 5.74) is 1.88. The fourth-order valence-corrected chi connectivity index (χ4v) is 3.26. The molecule has 0 bridgehead atoms. The fourth-order valence-electron chi connectivity index (χ4n) is 2.40. The first-order valence-electron chi connectivity index (χ1n) is 6.85. The molecule has 3 rings (SSSR count). The topological polar surface area (TPSA) is 46.1 Å². The van der Waals surface area contributed by atoms with E-state index in [4.69, 9.17) is 0 Å². The predicted octanol–water partition coefficient (Wildman–Crippen LogP) is 3.32. The molecular formula is C15H17N3OS. The maximum Gasteiger partial charge on any atom is 0.226 e. The fraction of sp³-hybridized carbons (Fsp3) is 0.400. The molecule has 5 heteroatoms. The summed E-state index contributed by atoms with van der Waals surface area (Å²) in [7, 11) is 0. The lowest BCUT2D eigenvalue weighted by Crippen LogP contribution is -2.20. The highest BCUT2D eigenvalue weighted by Crippen LogP contribution is 2.29. The lowest BCUT2D eigenvalue weighted by molar-refractivity contribution is 0.102. The molecule has 0 radical (unpaired) electrons. The molecule has 0 saturated carbocycles. The monoisotopic (exact) mass is 287 g/mol. The Morgan fingerprint density at radius 3 is 2.65 bits per heavy atom. The Morgan fingerprint density at radius 1 is 1.25 bits per heavy atom. The number of hydrogen-bond acceptors (Lipinski definition) is 5. The molecule has 0 aliphatic carbocycles. The number of ketones is 1. The second-order valence-electron chi connectivity index (χ2n) is 5.11. The maximum atomic E-state index is 11.4. The van der Waals surface area contributed by atoms with Gasteiger partial charge in [-0.2, -0.15) is 0 Å². The first-order valence-corrected chi connectivity index (χ1v) is 7.67. The van der Waals surface area contributed by atoms with E-state index in [9.17, 15) is 4.79 Å². The van der Waals surface area contributed by atoms with Crippen molar-refractivity contribution in [3.63, 3.8) is 0 Å². The maximum absolute atomic E-state index is 11.4. The Balaban J connectivity index is 1.97. The number of carbonyl (C=O) groups excluding carboxylic acids is 1. The zero-order valence-corrected chi connectivity index (χ0v) is 12.5. The summed E-state index contributed by atoms with van der Waals surface area (Å²) >= 11 is 1.50. The van der Waals surface area contributed by atoms with Crippen LogP contribution < -0.4 is 4.90 Å². The number of anilines is 1. The van der Waals surface area contributed by atoms with Crippen molar-refractivity contribution in [3.8, 4) is 10.6 Å². The van der Waals surface area contributed by atoms with Gasteiger partial charge in [0.1, 0.15) is 0 Å². The highest BCUT2D eigenvalue weighted by molar-refractivity contribution is 7.17. The van der Waals surface area contributed by atoms with Gasteiger partial charge in [0.25, 0.3) is 0 Å². The largest absolute Gasteiger partial charge is 0.341 e. The van der Waals surface area contributed by atoms with E-state index in [0.29, 0.717) is 0 Å². The van der Waals surface area contributed by atoms with Gasteiger partial charge in [-0.25, -0.2) is 9.97 Å². The van der Waals surface area contributed by atoms with Gasteiger partial charge < -0.3 is 4.90 Å². The van der Waals surface area contributed by atoms with Crippen molar-refractivity contribution in [2.24, 2.45) is 0 Å². The van der Waals surface area contributed by atoms with Crippen LogP contribution in [-0.2, 0) is 0 Å². The molecule has 0 atom stereocenters. The molecule has 2 aromatic heterocycles. The van der Waals surface area contributed by atoms with Crippen molar-refractivity contribution < 1.29 is 4.79 Å². The SMILES string of the molecule is CC(=O)c1ccc(-c2cc(C)nc(N3CCCC3)n2)s1. The van der Waals surface area contributed by atoms with Gasteiger partial charge in [-0.05, 0) is 44.9 Å². The van der Waals surface area contributed by atoms with E-state index in [1.165, 1.54) is 24.2 Å². The van der Waals surface area contributed by atoms with Gasteiger partial charge in [-0.3, -0.25) is 4.79 Å². The summed E-state index contributed by atoms with van der Waals surface area (Å²) in [5.74, 6) is 0.919. The van der Waals surface area contributed by atoms with Gasteiger partial charge >= 0.3 is 0 Å². The van der Waals surface area contributed by atoms with Crippen LogP contribution in [-0.4, -0.2) is 28.8 Å². The zero-order valence-electron chi connectivity index (χ0n) is 11.7. The summed E-state index contributed by atoms with van der Waals surface area (Å²) in [6, 6.07) is 5.82. The van der Waals surface area contributed by atoms with Gasteiger partial charge in [-0.15, -0.1) is 11.3 Å². The van der Waals surface area contributed by atoms with Crippen LogP contribution in [0.25, 0.3) is 10.6 Å². The molecule has 4 nitrogen and oxygen atoms in total. The summed E-state index contributed by atoms with van der Waals surface area (Å²) in [6.07, 6.45) is 2.42. The van der Waals surface area contributed by atoms with Gasteiger partial charge in [0.15, 0.2) is 5.78 Å². The second-order valence-corrected chi connectivity index (χ2v) is 6.19. The minimum Gasteiger partial charge on any atom is -0.341 e. The Bertz CT molecular complexity index is 644. The highest BCUT2D eigenvalue weighted by atomic mass is 32.1. The smallest absolute Gasteiger partial charge is 0.226 e. The molecule has 20 heavy (non-hydrogen) atoms. The second kappa shape index (κ2) is 5.32. The molecule has 0 amide bonds. The number of aromatic nitrogens is 2. The summed E-state index contributed by atoms with van der Waals surface area (Å²) in [6.45, 7) is 5.65. The molecule has 0 N–H and O–H groups in total. The normalized spacial score (nSPS) is 14.8. The van der Waals surface area contributed by atoms with E-state index in [0.717, 1.165) is 40.2 Å². The number of nitrogens with zero attached hydrogens (tertiary/aromatic N) is 3. The predicted molar refractivity (Wildman–Crippen MR) is 81.5 cm³/mol. The van der Waals surface area contributed by atoms with Gasteiger partial charge in [0, 0.05) is 18.8 Å². The van der Waals surface area contributed by atoms with E-state index >= 15 is 0 Å². The third-order valence-electron chi connectivity index (χ3n) is 3.44. The van der Waals surface area contributed by atoms with Crippen molar-refractivity contribution >= 4 is 23.1 Å². The summed E-state index contributed by atoms with van der Waals surface area (Å²) in [5, 5.41) is 0. The third-order valence-corrected chi connectivity index (χ3v) is 4.65. The van der Waals surface area contributed by atoms with E-state index in [1.807, 2.05) is 25.1 Å². The molecule has 1 saturated heterocycles. The van der Waals surface area contributed by atoms with Crippen LogP contribution in [0.5, 0.6) is 0 Å². The quantitative estimate of drug-likeness (QED) is 0.812. The average molecular weight is 287 g/mol. The Labute approximate surface area is 122 Å². The molecular weight excluding hydrogens is 270 g/mol. The highest BCUT2D eigenvalue weighted by Gasteiger charge is 2.17. The standard InChI is InChI=1S/C15H17N3OS/c1-10-9-12(14-6-5-13(20-14)11(2)19)17-15(16-10)18-7-3-4-8-18/h5-6,9H,3-4,7-8H2,1-2H3. The van der Waals surface area contributed by atoms with Gasteiger partial charge in [-0.1, -0.05) is 0 Å². The molecule has 3 heterocycles. The molecule has 104 valence electrons. The number of thiophene rings is 1. The first kappa shape index (κ1) is 13.2. The Morgan fingerprint density at radius 2 is 2.00 bits per heavy atom. The van der Waals surface area contributed by atoms with E-state index in [2.05, 4.69) is 14.9 Å². The minimum atomic E-state index is 0.104. The lowest BCUT2D eigenvalue weighted by Gasteiger charge is -2.16. The summed E-state index contributed by atoms with van der Waals surface area (Å²) < 4.78 is 0.